The van der Waals surface area contributed by atoms with Crippen molar-refractivity contribution < 1.29 is 19.1 Å². The zero-order chi connectivity index (χ0) is 24.1. The molecule has 32 heavy (non-hydrogen) atoms. The fourth-order valence-electron chi connectivity index (χ4n) is 3.56. The third-order valence-electron chi connectivity index (χ3n) is 7.32. The average molecular weight is 435 g/mol. The summed E-state index contributed by atoms with van der Waals surface area (Å²) in [6.07, 6.45) is 5.02. The Kier molecular flexibility index (Phi) is 6.51. The standard InChI is InChI=1S/C26H37B2O4/c1-17-15-19-16-20(27-30-24(5,6)23(3,4)29)12-14-22(19)21(17)13-11-18(2)28-31-25(7,8)26(9,10)32-28/h11-14,16,29H,2,15H2,1,3-10H3/b13-11-. The summed E-state index contributed by atoms with van der Waals surface area (Å²) < 4.78 is 18.1. The molecule has 1 heterocycles. The molecule has 0 spiro atoms. The van der Waals surface area contributed by atoms with Gasteiger partial charge < -0.3 is 19.1 Å². The summed E-state index contributed by atoms with van der Waals surface area (Å²) in [7, 11) is 1.30. The number of allylic oxidation sites excluding steroid dienone is 5. The number of hydrogen-bond donors (Lipinski definition) is 1. The van der Waals surface area contributed by atoms with Gasteiger partial charge in [-0.3, -0.25) is 0 Å². The molecular formula is C26H37B2O4. The number of fused-ring (bicyclic) bond motifs is 1. The Morgan fingerprint density at radius 1 is 1.16 bits per heavy atom. The molecule has 3 rings (SSSR count). The number of benzene rings is 1. The Labute approximate surface area is 195 Å². The van der Waals surface area contributed by atoms with Crippen LogP contribution in [0.3, 0.4) is 0 Å². The molecule has 0 atom stereocenters. The van der Waals surface area contributed by atoms with E-state index in [9.17, 15) is 5.11 Å². The van der Waals surface area contributed by atoms with E-state index in [0.717, 1.165) is 17.4 Å². The van der Waals surface area contributed by atoms with Gasteiger partial charge in [0.25, 0.3) is 0 Å². The molecule has 0 unspecified atom stereocenters. The molecule has 0 bridgehead atoms. The zero-order valence-electron chi connectivity index (χ0n) is 21.1. The monoisotopic (exact) mass is 435 g/mol. The summed E-state index contributed by atoms with van der Waals surface area (Å²) in [4.78, 5) is 0. The van der Waals surface area contributed by atoms with Crippen LogP contribution >= 0.6 is 0 Å². The summed E-state index contributed by atoms with van der Waals surface area (Å²) in [5.74, 6) is 0. The fourth-order valence-corrected chi connectivity index (χ4v) is 3.56. The highest BCUT2D eigenvalue weighted by atomic mass is 16.7. The van der Waals surface area contributed by atoms with Crippen LogP contribution in [-0.2, 0) is 20.4 Å². The molecule has 1 aliphatic heterocycles. The molecule has 1 fully saturated rings. The van der Waals surface area contributed by atoms with Crippen molar-refractivity contribution in [1.29, 1.82) is 0 Å². The molecule has 1 saturated heterocycles. The lowest BCUT2D eigenvalue weighted by atomic mass is 9.78. The van der Waals surface area contributed by atoms with Crippen LogP contribution in [0.4, 0.5) is 0 Å². The molecule has 1 aliphatic carbocycles. The summed E-state index contributed by atoms with van der Waals surface area (Å²) in [6, 6.07) is 6.34. The zero-order valence-corrected chi connectivity index (χ0v) is 21.1. The molecule has 1 aromatic carbocycles. The highest BCUT2D eigenvalue weighted by Gasteiger charge is 2.51. The van der Waals surface area contributed by atoms with E-state index in [1.807, 2.05) is 47.6 Å². The van der Waals surface area contributed by atoms with Gasteiger partial charge in [-0.25, -0.2) is 0 Å². The van der Waals surface area contributed by atoms with Crippen LogP contribution in [0.1, 0.15) is 73.4 Å². The minimum absolute atomic E-state index is 0.377. The van der Waals surface area contributed by atoms with Gasteiger partial charge in [-0.15, -0.1) is 0 Å². The Hall–Kier alpha value is -1.59. The van der Waals surface area contributed by atoms with Gasteiger partial charge in [-0.1, -0.05) is 48.0 Å². The van der Waals surface area contributed by atoms with Crippen LogP contribution in [0.25, 0.3) is 5.57 Å². The van der Waals surface area contributed by atoms with E-state index in [2.05, 4.69) is 37.8 Å². The van der Waals surface area contributed by atoms with Crippen molar-refractivity contribution in [3.8, 4) is 0 Å². The van der Waals surface area contributed by atoms with Crippen molar-refractivity contribution in [2.75, 3.05) is 0 Å². The molecule has 1 N–H and O–H groups in total. The van der Waals surface area contributed by atoms with Crippen LogP contribution in [0, 0.1) is 0 Å². The van der Waals surface area contributed by atoms with Gasteiger partial charge in [0.05, 0.1) is 22.4 Å². The number of hydrogen-bond acceptors (Lipinski definition) is 4. The first kappa shape index (κ1) is 25.0. The summed E-state index contributed by atoms with van der Waals surface area (Å²) >= 11 is 0. The van der Waals surface area contributed by atoms with Crippen LogP contribution in [0.15, 0.2) is 48.0 Å². The fraction of sp³-hybridized carbons (Fsp3) is 0.538. The average Bonchev–Trinajstić information content (AvgIpc) is 3.08. The van der Waals surface area contributed by atoms with Gasteiger partial charge in [0.15, 0.2) is 0 Å². The Balaban J connectivity index is 1.70. The van der Waals surface area contributed by atoms with Crippen molar-refractivity contribution >= 4 is 25.6 Å². The maximum absolute atomic E-state index is 10.3. The Bertz CT molecular complexity index is 949. The van der Waals surface area contributed by atoms with Gasteiger partial charge in [-0.05, 0) is 90.9 Å². The second-order valence-electron chi connectivity index (χ2n) is 11.1. The second kappa shape index (κ2) is 8.32. The van der Waals surface area contributed by atoms with Crippen LogP contribution < -0.4 is 5.46 Å². The summed E-state index contributed by atoms with van der Waals surface area (Å²) in [5, 5.41) is 10.3. The van der Waals surface area contributed by atoms with Crippen LogP contribution in [-0.4, -0.2) is 42.1 Å². The number of aliphatic hydroxyl groups is 1. The lowest BCUT2D eigenvalue weighted by molar-refractivity contribution is -0.0893. The van der Waals surface area contributed by atoms with Crippen molar-refractivity contribution in [3.05, 3.63) is 59.1 Å². The number of rotatable bonds is 7. The van der Waals surface area contributed by atoms with E-state index in [4.69, 9.17) is 14.0 Å². The first-order valence-electron chi connectivity index (χ1n) is 11.3. The normalized spacial score (nSPS) is 20.2. The maximum atomic E-state index is 10.3. The predicted octanol–water partition coefficient (Wildman–Crippen LogP) is 4.57. The molecule has 1 aromatic rings. The molecule has 0 aromatic heterocycles. The SMILES string of the molecule is C=C(/C=C\C1=C(C)Cc2cc([B]OC(C)(C)C(C)(C)O)ccc21)B1OC(C)(C)C(C)(C)O1. The van der Waals surface area contributed by atoms with Crippen molar-refractivity contribution in [3.63, 3.8) is 0 Å². The predicted molar refractivity (Wildman–Crippen MR) is 134 cm³/mol. The van der Waals surface area contributed by atoms with Crippen molar-refractivity contribution in [2.45, 2.75) is 91.1 Å². The third kappa shape index (κ3) is 4.84. The molecule has 6 heteroatoms. The lowest BCUT2D eigenvalue weighted by Gasteiger charge is -2.37. The summed E-state index contributed by atoms with van der Waals surface area (Å²) in [5.41, 5.74) is 4.41. The van der Waals surface area contributed by atoms with E-state index in [0.29, 0.717) is 0 Å². The molecule has 0 amide bonds. The first-order chi connectivity index (χ1) is 14.5. The summed E-state index contributed by atoms with van der Waals surface area (Å²) in [6.45, 7) is 21.8. The minimum atomic E-state index is -0.949. The molecule has 2 aliphatic rings. The third-order valence-corrected chi connectivity index (χ3v) is 7.32. The van der Waals surface area contributed by atoms with E-state index in [1.165, 1.54) is 22.3 Å². The van der Waals surface area contributed by atoms with E-state index in [-0.39, 0.29) is 11.2 Å². The Morgan fingerprint density at radius 3 is 2.31 bits per heavy atom. The molecule has 171 valence electrons. The van der Waals surface area contributed by atoms with E-state index >= 15 is 0 Å². The van der Waals surface area contributed by atoms with Gasteiger partial charge in [0.2, 0.25) is 0 Å². The molecular weight excluding hydrogens is 398 g/mol. The van der Waals surface area contributed by atoms with Crippen molar-refractivity contribution in [2.24, 2.45) is 0 Å². The largest absolute Gasteiger partial charge is 0.494 e. The highest BCUT2D eigenvalue weighted by molar-refractivity contribution is 6.55. The van der Waals surface area contributed by atoms with Gasteiger partial charge in [0.1, 0.15) is 0 Å². The quantitative estimate of drug-likeness (QED) is 0.504. The van der Waals surface area contributed by atoms with E-state index in [1.54, 1.807) is 21.3 Å². The smallest absolute Gasteiger partial charge is 0.427 e. The lowest BCUT2D eigenvalue weighted by Crippen LogP contribution is -2.49. The van der Waals surface area contributed by atoms with Gasteiger partial charge >= 0.3 is 14.6 Å². The van der Waals surface area contributed by atoms with E-state index < -0.39 is 18.3 Å². The molecule has 0 saturated carbocycles. The molecule has 4 nitrogen and oxygen atoms in total. The van der Waals surface area contributed by atoms with Crippen molar-refractivity contribution in [1.82, 2.24) is 0 Å². The molecule has 1 radical (unpaired) electrons. The second-order valence-corrected chi connectivity index (χ2v) is 11.1. The van der Waals surface area contributed by atoms with Crippen LogP contribution in [0.5, 0.6) is 0 Å². The van der Waals surface area contributed by atoms with Crippen LogP contribution in [0.2, 0.25) is 0 Å². The topological polar surface area (TPSA) is 47.9 Å². The highest BCUT2D eigenvalue weighted by Crippen LogP contribution is 2.39. The minimum Gasteiger partial charge on any atom is -0.427 e. The maximum Gasteiger partial charge on any atom is 0.494 e. The van der Waals surface area contributed by atoms with Gasteiger partial charge in [0, 0.05) is 0 Å². The van der Waals surface area contributed by atoms with Gasteiger partial charge in [-0.2, -0.15) is 0 Å². The Morgan fingerprint density at radius 2 is 1.75 bits per heavy atom. The first-order valence-corrected chi connectivity index (χ1v) is 11.3.